The van der Waals surface area contributed by atoms with Gasteiger partial charge < -0.3 is 9.47 Å². The van der Waals surface area contributed by atoms with E-state index in [0.29, 0.717) is 46.0 Å². The summed E-state index contributed by atoms with van der Waals surface area (Å²) in [6.07, 6.45) is 1.59. The van der Waals surface area contributed by atoms with E-state index < -0.39 is 10.3 Å². The third-order valence-electron chi connectivity index (χ3n) is 5.64. The summed E-state index contributed by atoms with van der Waals surface area (Å²) < 4.78 is 14.8. The molecule has 0 saturated carbocycles. The van der Waals surface area contributed by atoms with Gasteiger partial charge in [0.1, 0.15) is 12.4 Å². The number of benzene rings is 3. The minimum Gasteiger partial charge on any atom is -0.490 e. The fraction of sp³-hybridized carbons (Fsp3) is 0.250. The molecule has 3 aromatic carbocycles. The first-order valence-corrected chi connectivity index (χ1v) is 13.9. The molecular weight excluding hydrogens is 679 g/mol. The maximum atomic E-state index is 13.4. The molecule has 0 aliphatic heterocycles. The van der Waals surface area contributed by atoms with Crippen LogP contribution in [-0.4, -0.2) is 27.4 Å². The number of hydrogen-bond acceptors (Lipinski definition) is 7. The summed E-state index contributed by atoms with van der Waals surface area (Å²) in [6.45, 7) is 8.35. The molecule has 202 valence electrons. The van der Waals surface area contributed by atoms with Gasteiger partial charge in [-0.3, -0.25) is 14.9 Å². The summed E-state index contributed by atoms with van der Waals surface area (Å²) in [5.74, 6) is 1.56. The van der Waals surface area contributed by atoms with Gasteiger partial charge in [0, 0.05) is 22.0 Å². The highest BCUT2D eigenvalue weighted by atomic mass is 127. The minimum atomic E-state index is -0.438. The van der Waals surface area contributed by atoms with E-state index in [0.717, 1.165) is 8.04 Å². The highest BCUT2D eigenvalue weighted by molar-refractivity contribution is 14.1. The first-order chi connectivity index (χ1) is 18.5. The molecule has 0 N–H and O–H groups in total. The number of halogens is 2. The van der Waals surface area contributed by atoms with Crippen LogP contribution in [-0.2, 0) is 12.0 Å². The van der Waals surface area contributed by atoms with E-state index in [2.05, 4.69) is 43.6 Å². The molecule has 0 aliphatic carbocycles. The molecule has 0 unspecified atom stereocenters. The Morgan fingerprint density at radius 1 is 1.15 bits per heavy atom. The van der Waals surface area contributed by atoms with Crippen LogP contribution >= 0.6 is 38.5 Å². The van der Waals surface area contributed by atoms with Gasteiger partial charge in [0.25, 0.3) is 11.2 Å². The van der Waals surface area contributed by atoms with Gasteiger partial charge in [-0.2, -0.15) is 9.78 Å². The number of aromatic nitrogens is 2. The van der Waals surface area contributed by atoms with Crippen molar-refractivity contribution in [1.82, 2.24) is 9.66 Å². The largest absolute Gasteiger partial charge is 0.490 e. The van der Waals surface area contributed by atoms with Crippen LogP contribution in [0.25, 0.3) is 10.9 Å². The van der Waals surface area contributed by atoms with Crippen LogP contribution < -0.4 is 15.0 Å². The smallest absolute Gasteiger partial charge is 0.282 e. The van der Waals surface area contributed by atoms with Crippen LogP contribution in [0.15, 0.2) is 69.0 Å². The lowest BCUT2D eigenvalue weighted by Crippen LogP contribution is -2.29. The number of rotatable bonds is 8. The Labute approximate surface area is 247 Å². The van der Waals surface area contributed by atoms with E-state index >= 15 is 0 Å². The van der Waals surface area contributed by atoms with Crippen molar-refractivity contribution in [3.8, 4) is 11.5 Å². The molecule has 11 heteroatoms. The number of fused-ring (bicyclic) bond motifs is 1. The van der Waals surface area contributed by atoms with Crippen molar-refractivity contribution in [2.75, 3.05) is 6.61 Å². The van der Waals surface area contributed by atoms with Gasteiger partial charge in [-0.05, 0) is 71.0 Å². The summed E-state index contributed by atoms with van der Waals surface area (Å²) in [5.41, 5.74) is 1.27. The Bertz CT molecular complexity index is 1650. The lowest BCUT2D eigenvalue weighted by Gasteiger charge is -2.21. The maximum Gasteiger partial charge on any atom is 0.282 e. The molecule has 0 atom stereocenters. The van der Waals surface area contributed by atoms with Crippen molar-refractivity contribution in [3.05, 3.63) is 100 Å². The molecule has 4 aromatic rings. The molecule has 0 spiro atoms. The fourth-order valence-electron chi connectivity index (χ4n) is 3.85. The molecule has 39 heavy (non-hydrogen) atoms. The van der Waals surface area contributed by atoms with Gasteiger partial charge in [-0.15, -0.1) is 0 Å². The molecular formula is C28H26BrIN4O5. The highest BCUT2D eigenvalue weighted by Gasteiger charge is 2.23. The summed E-state index contributed by atoms with van der Waals surface area (Å²) in [5, 5.41) is 16.1. The number of nitrogens with zero attached hydrogens (tertiary/aromatic N) is 4. The molecule has 0 fully saturated rings. The first-order valence-electron chi connectivity index (χ1n) is 12.1. The van der Waals surface area contributed by atoms with Gasteiger partial charge in [0.05, 0.1) is 32.2 Å². The number of ether oxygens (including phenoxy) is 2. The van der Waals surface area contributed by atoms with Gasteiger partial charge >= 0.3 is 0 Å². The molecule has 0 radical (unpaired) electrons. The van der Waals surface area contributed by atoms with E-state index in [1.165, 1.54) is 16.8 Å². The standard InChI is InChI=1S/C28H26BrIN4O5/c1-5-38-24-13-18(12-22(30)25(24)39-16-17-7-6-8-20(11-17)34(36)37)15-31-33-26(35)21-14-19(29)9-10-23(21)32-27(33)28(2,3)4/h6-15H,5,16H2,1-4H3. The van der Waals surface area contributed by atoms with Crippen LogP contribution in [0, 0.1) is 13.7 Å². The van der Waals surface area contributed by atoms with Gasteiger partial charge in [-0.1, -0.05) is 48.8 Å². The summed E-state index contributed by atoms with van der Waals surface area (Å²) in [4.78, 5) is 28.9. The van der Waals surface area contributed by atoms with Crippen molar-refractivity contribution in [2.45, 2.75) is 39.7 Å². The molecule has 4 rings (SSSR count). The zero-order valence-corrected chi connectivity index (χ0v) is 25.5. The van der Waals surface area contributed by atoms with E-state index in [1.54, 1.807) is 30.5 Å². The van der Waals surface area contributed by atoms with E-state index in [9.17, 15) is 14.9 Å². The van der Waals surface area contributed by atoms with Crippen molar-refractivity contribution >= 4 is 61.3 Å². The maximum absolute atomic E-state index is 13.4. The zero-order valence-electron chi connectivity index (χ0n) is 21.8. The second kappa shape index (κ2) is 11.8. The van der Waals surface area contributed by atoms with Gasteiger partial charge in [-0.25, -0.2) is 4.98 Å². The normalized spacial score (nSPS) is 11.7. The van der Waals surface area contributed by atoms with Gasteiger partial charge in [0.15, 0.2) is 11.5 Å². The minimum absolute atomic E-state index is 0.00259. The average Bonchev–Trinajstić information content (AvgIpc) is 2.87. The van der Waals surface area contributed by atoms with E-state index in [-0.39, 0.29) is 17.9 Å². The molecule has 0 bridgehead atoms. The molecule has 9 nitrogen and oxygen atoms in total. The SMILES string of the molecule is CCOc1cc(C=Nn2c(C(C)(C)C)nc3ccc(Br)cc3c2=O)cc(I)c1OCc1cccc([N+](=O)[O-])c1. The van der Waals surface area contributed by atoms with Crippen molar-refractivity contribution in [2.24, 2.45) is 5.10 Å². The monoisotopic (exact) mass is 704 g/mol. The Balaban J connectivity index is 1.71. The van der Waals surface area contributed by atoms with Crippen LogP contribution in [0.1, 0.15) is 44.6 Å². The van der Waals surface area contributed by atoms with Crippen LogP contribution in [0.4, 0.5) is 5.69 Å². The number of nitro groups is 1. The second-order valence-corrected chi connectivity index (χ2v) is 11.8. The Hall–Kier alpha value is -3.32. The fourth-order valence-corrected chi connectivity index (χ4v) is 4.99. The Morgan fingerprint density at radius 2 is 1.92 bits per heavy atom. The molecule has 0 aliphatic rings. The quantitative estimate of drug-likeness (QED) is 0.0861. The Kier molecular flexibility index (Phi) is 8.70. The predicted molar refractivity (Wildman–Crippen MR) is 163 cm³/mol. The summed E-state index contributed by atoms with van der Waals surface area (Å²) in [7, 11) is 0. The second-order valence-electron chi connectivity index (χ2n) is 9.69. The molecule has 1 aromatic heterocycles. The summed E-state index contributed by atoms with van der Waals surface area (Å²) in [6, 6.07) is 15.4. The topological polar surface area (TPSA) is 109 Å². The third-order valence-corrected chi connectivity index (χ3v) is 6.93. The highest BCUT2D eigenvalue weighted by Crippen LogP contribution is 2.35. The number of non-ortho nitro benzene ring substituents is 1. The van der Waals surface area contributed by atoms with Crippen LogP contribution in [0.3, 0.4) is 0 Å². The van der Waals surface area contributed by atoms with E-state index in [4.69, 9.17) is 14.5 Å². The first kappa shape index (κ1) is 28.7. The van der Waals surface area contributed by atoms with Crippen molar-refractivity contribution in [1.29, 1.82) is 0 Å². The molecule has 0 saturated heterocycles. The average molecular weight is 705 g/mol. The predicted octanol–water partition coefficient (Wildman–Crippen LogP) is 6.83. The lowest BCUT2D eigenvalue weighted by atomic mass is 9.95. The van der Waals surface area contributed by atoms with Crippen LogP contribution in [0.5, 0.6) is 11.5 Å². The third kappa shape index (κ3) is 6.64. The van der Waals surface area contributed by atoms with Crippen molar-refractivity contribution < 1.29 is 14.4 Å². The lowest BCUT2D eigenvalue weighted by molar-refractivity contribution is -0.384. The number of hydrogen-bond donors (Lipinski definition) is 0. The molecule has 1 heterocycles. The van der Waals surface area contributed by atoms with Crippen molar-refractivity contribution in [3.63, 3.8) is 0 Å². The van der Waals surface area contributed by atoms with Crippen LogP contribution in [0.2, 0.25) is 0 Å². The molecule has 0 amide bonds. The summed E-state index contributed by atoms with van der Waals surface area (Å²) >= 11 is 5.57. The Morgan fingerprint density at radius 3 is 2.62 bits per heavy atom. The number of nitro benzene ring substituents is 1. The zero-order chi connectivity index (χ0) is 28.3. The van der Waals surface area contributed by atoms with E-state index in [1.807, 2.05) is 45.9 Å². The van der Waals surface area contributed by atoms with Gasteiger partial charge in [0.2, 0.25) is 0 Å².